The summed E-state index contributed by atoms with van der Waals surface area (Å²) in [6, 6.07) is 18.9. The molecule has 4 rings (SSSR count). The first-order valence-electron chi connectivity index (χ1n) is 12.1. The lowest BCUT2D eigenvalue weighted by Gasteiger charge is -2.26. The average Bonchev–Trinajstić information content (AvgIpc) is 3.13. The average molecular weight is 502 g/mol. The smallest absolute Gasteiger partial charge is 0.295 e. The lowest BCUT2D eigenvalue weighted by molar-refractivity contribution is -0.140. The summed E-state index contributed by atoms with van der Waals surface area (Å²) in [5, 5.41) is 11.4. The van der Waals surface area contributed by atoms with Crippen molar-refractivity contribution in [1.82, 2.24) is 4.90 Å². The van der Waals surface area contributed by atoms with Crippen molar-refractivity contribution in [2.45, 2.75) is 39.5 Å². The molecule has 1 amide bonds. The summed E-state index contributed by atoms with van der Waals surface area (Å²) in [6.45, 7) is 5.85. The van der Waals surface area contributed by atoms with E-state index in [1.54, 1.807) is 50.6 Å². The van der Waals surface area contributed by atoms with Crippen LogP contribution in [0.4, 0.5) is 0 Å². The zero-order valence-electron chi connectivity index (χ0n) is 21.6. The maximum Gasteiger partial charge on any atom is 0.295 e. The molecule has 1 aliphatic heterocycles. The van der Waals surface area contributed by atoms with Crippen molar-refractivity contribution in [3.05, 3.63) is 94.6 Å². The van der Waals surface area contributed by atoms with Gasteiger partial charge in [-0.15, -0.1) is 0 Å². The summed E-state index contributed by atoms with van der Waals surface area (Å²) in [7, 11) is 3.13. The standard InChI is InChI=1S/C30H31NO6/c1-18(2)37-23-13-10-20(11-14-23)27-26(28(32)21-12-15-24(35-4)19(3)16-21)29(33)30(34)31(27)17-22-8-6-7-9-25(22)36-5/h6-16,18,27,32H,17H2,1-5H3/b28-26-. The molecule has 0 aliphatic carbocycles. The number of Topliss-reactive ketones (excluding diaryl/α,β-unsaturated/α-hetero) is 1. The fourth-order valence-electron chi connectivity index (χ4n) is 4.59. The fourth-order valence-corrected chi connectivity index (χ4v) is 4.59. The SMILES string of the molecule is COc1ccc(/C(O)=C2/C(=O)C(=O)N(Cc3ccccc3OC)C2c2ccc(OC(C)C)cc2)cc1C. The highest BCUT2D eigenvalue weighted by atomic mass is 16.5. The molecule has 1 aliphatic rings. The normalized spacial score (nSPS) is 16.8. The molecule has 1 fully saturated rings. The highest BCUT2D eigenvalue weighted by Gasteiger charge is 2.46. The zero-order chi connectivity index (χ0) is 26.7. The Hall–Kier alpha value is -4.26. The van der Waals surface area contributed by atoms with Gasteiger partial charge < -0.3 is 24.2 Å². The number of nitrogens with zero attached hydrogens (tertiary/aromatic N) is 1. The molecule has 0 aromatic heterocycles. The number of amides is 1. The zero-order valence-corrected chi connectivity index (χ0v) is 21.6. The van der Waals surface area contributed by atoms with E-state index in [0.717, 1.165) is 11.1 Å². The van der Waals surface area contributed by atoms with Crippen molar-refractivity contribution in [1.29, 1.82) is 0 Å². The van der Waals surface area contributed by atoms with Crippen molar-refractivity contribution < 1.29 is 28.9 Å². The fraction of sp³-hybridized carbons (Fsp3) is 0.267. The number of aliphatic hydroxyl groups excluding tert-OH is 1. The van der Waals surface area contributed by atoms with Crippen LogP contribution in [0.15, 0.2) is 72.3 Å². The molecule has 0 spiro atoms. The van der Waals surface area contributed by atoms with Gasteiger partial charge in [0.15, 0.2) is 0 Å². The minimum Gasteiger partial charge on any atom is -0.507 e. The van der Waals surface area contributed by atoms with Crippen molar-refractivity contribution in [2.24, 2.45) is 0 Å². The lowest BCUT2D eigenvalue weighted by atomic mass is 9.94. The van der Waals surface area contributed by atoms with Crippen LogP contribution in [-0.4, -0.2) is 42.0 Å². The molecule has 0 radical (unpaired) electrons. The third kappa shape index (κ3) is 5.16. The number of carbonyl (C=O) groups excluding carboxylic acids is 2. The molecule has 1 unspecified atom stereocenters. The molecule has 192 valence electrons. The second-order valence-corrected chi connectivity index (χ2v) is 9.16. The summed E-state index contributed by atoms with van der Waals surface area (Å²) < 4.78 is 16.6. The molecule has 3 aromatic carbocycles. The number of aliphatic hydroxyl groups is 1. The maximum absolute atomic E-state index is 13.4. The predicted octanol–water partition coefficient (Wildman–Crippen LogP) is 5.42. The number of carbonyl (C=O) groups is 2. The van der Waals surface area contributed by atoms with Gasteiger partial charge >= 0.3 is 0 Å². The van der Waals surface area contributed by atoms with Crippen molar-refractivity contribution in [3.8, 4) is 17.2 Å². The number of ketones is 1. The van der Waals surface area contributed by atoms with Gasteiger partial charge in [0.05, 0.1) is 38.5 Å². The van der Waals surface area contributed by atoms with Gasteiger partial charge in [0.25, 0.3) is 11.7 Å². The Morgan fingerprint density at radius 3 is 2.24 bits per heavy atom. The number of methoxy groups -OCH3 is 2. The number of benzene rings is 3. The number of ether oxygens (including phenoxy) is 3. The summed E-state index contributed by atoms with van der Waals surface area (Å²) in [4.78, 5) is 28.2. The first-order chi connectivity index (χ1) is 17.7. The predicted molar refractivity (Wildman–Crippen MR) is 141 cm³/mol. The van der Waals surface area contributed by atoms with Crippen LogP contribution in [0.1, 0.15) is 42.1 Å². The van der Waals surface area contributed by atoms with Crippen LogP contribution in [-0.2, 0) is 16.1 Å². The van der Waals surface area contributed by atoms with E-state index in [9.17, 15) is 14.7 Å². The van der Waals surface area contributed by atoms with Crippen molar-refractivity contribution in [2.75, 3.05) is 14.2 Å². The molecule has 7 heteroatoms. The van der Waals surface area contributed by atoms with Crippen LogP contribution >= 0.6 is 0 Å². The van der Waals surface area contributed by atoms with E-state index in [0.29, 0.717) is 28.4 Å². The van der Waals surface area contributed by atoms with Gasteiger partial charge in [-0.05, 0) is 68.3 Å². The van der Waals surface area contributed by atoms with E-state index >= 15 is 0 Å². The first kappa shape index (κ1) is 25.8. The summed E-state index contributed by atoms with van der Waals surface area (Å²) in [5.41, 5.74) is 2.68. The number of aryl methyl sites for hydroxylation is 1. The van der Waals surface area contributed by atoms with Crippen molar-refractivity contribution >= 4 is 17.4 Å². The van der Waals surface area contributed by atoms with Crippen LogP contribution in [0.5, 0.6) is 17.2 Å². The number of rotatable bonds is 8. The van der Waals surface area contributed by atoms with E-state index in [4.69, 9.17) is 14.2 Å². The molecule has 1 atom stereocenters. The highest BCUT2D eigenvalue weighted by molar-refractivity contribution is 6.46. The number of hydrogen-bond acceptors (Lipinski definition) is 6. The van der Waals surface area contributed by atoms with E-state index < -0.39 is 17.7 Å². The molecule has 7 nitrogen and oxygen atoms in total. The third-order valence-corrected chi connectivity index (χ3v) is 6.31. The number of likely N-dealkylation sites (tertiary alicyclic amines) is 1. The van der Waals surface area contributed by atoms with E-state index in [-0.39, 0.29) is 24.0 Å². The van der Waals surface area contributed by atoms with Crippen LogP contribution in [0, 0.1) is 6.92 Å². The van der Waals surface area contributed by atoms with E-state index in [2.05, 4.69) is 0 Å². The second-order valence-electron chi connectivity index (χ2n) is 9.16. The van der Waals surface area contributed by atoms with Gasteiger partial charge in [0.2, 0.25) is 0 Å². The van der Waals surface area contributed by atoms with Gasteiger partial charge in [0.1, 0.15) is 23.0 Å². The van der Waals surface area contributed by atoms with Gasteiger partial charge in [0, 0.05) is 11.1 Å². The molecule has 1 heterocycles. The third-order valence-electron chi connectivity index (χ3n) is 6.31. The lowest BCUT2D eigenvalue weighted by Crippen LogP contribution is -2.29. The van der Waals surface area contributed by atoms with Gasteiger partial charge in [-0.2, -0.15) is 0 Å². The van der Waals surface area contributed by atoms with Crippen molar-refractivity contribution in [3.63, 3.8) is 0 Å². The highest BCUT2D eigenvalue weighted by Crippen LogP contribution is 2.41. The minimum atomic E-state index is -0.805. The quantitative estimate of drug-likeness (QED) is 0.252. The van der Waals surface area contributed by atoms with Crippen LogP contribution in [0.3, 0.4) is 0 Å². The van der Waals surface area contributed by atoms with Gasteiger partial charge in [-0.25, -0.2) is 0 Å². The molecule has 0 saturated carbocycles. The largest absolute Gasteiger partial charge is 0.507 e. The second kappa shape index (κ2) is 10.8. The molecule has 37 heavy (non-hydrogen) atoms. The number of hydrogen-bond donors (Lipinski definition) is 1. The molecular weight excluding hydrogens is 470 g/mol. The Balaban J connectivity index is 1.85. The van der Waals surface area contributed by atoms with Gasteiger partial charge in [-0.3, -0.25) is 9.59 Å². The Labute approximate surface area is 216 Å². The van der Waals surface area contributed by atoms with Gasteiger partial charge in [-0.1, -0.05) is 30.3 Å². The summed E-state index contributed by atoms with van der Waals surface area (Å²) in [6.07, 6.45) is 0.000318. The Morgan fingerprint density at radius 1 is 0.946 bits per heavy atom. The topological polar surface area (TPSA) is 85.3 Å². The van der Waals surface area contributed by atoms with E-state index in [1.807, 2.05) is 51.1 Å². The summed E-state index contributed by atoms with van der Waals surface area (Å²) >= 11 is 0. The number of para-hydroxylation sites is 1. The molecule has 1 N–H and O–H groups in total. The summed E-state index contributed by atoms with van der Waals surface area (Å²) in [5.74, 6) is 0.268. The molecular formula is C30H31NO6. The molecule has 3 aromatic rings. The first-order valence-corrected chi connectivity index (χ1v) is 12.1. The van der Waals surface area contributed by atoms with E-state index in [1.165, 1.54) is 4.90 Å². The van der Waals surface area contributed by atoms with Crippen LogP contribution in [0.25, 0.3) is 5.76 Å². The monoisotopic (exact) mass is 501 g/mol. The van der Waals surface area contributed by atoms with Crippen LogP contribution in [0.2, 0.25) is 0 Å². The van der Waals surface area contributed by atoms with Crippen LogP contribution < -0.4 is 14.2 Å². The maximum atomic E-state index is 13.4. The molecule has 1 saturated heterocycles. The Bertz CT molecular complexity index is 1340. The Kier molecular flexibility index (Phi) is 7.53. The minimum absolute atomic E-state index is 0.000318. The molecule has 0 bridgehead atoms. The Morgan fingerprint density at radius 2 is 1.62 bits per heavy atom.